The Morgan fingerprint density at radius 1 is 0.880 bits per heavy atom. The van der Waals surface area contributed by atoms with Crippen molar-refractivity contribution < 1.29 is 51.7 Å². The summed E-state index contributed by atoms with van der Waals surface area (Å²) in [5.41, 5.74) is 9.17. The van der Waals surface area contributed by atoms with Gasteiger partial charge in [0, 0.05) is 100 Å². The van der Waals surface area contributed by atoms with Crippen LogP contribution in [0.25, 0.3) is 11.3 Å². The number of para-hydroxylation sites is 1. The Labute approximate surface area is 433 Å². The van der Waals surface area contributed by atoms with Crippen molar-refractivity contribution in [3.63, 3.8) is 0 Å². The number of alkyl halides is 3. The van der Waals surface area contributed by atoms with Crippen LogP contribution in [0, 0.1) is 5.92 Å². The number of pyridine rings is 1. The number of nitrogens with two attached hydrogens (primary N) is 1. The van der Waals surface area contributed by atoms with Crippen molar-refractivity contribution >= 4 is 29.0 Å². The zero-order chi connectivity index (χ0) is 52.5. The van der Waals surface area contributed by atoms with Gasteiger partial charge in [0.25, 0.3) is 5.88 Å². The lowest BCUT2D eigenvalue weighted by Gasteiger charge is -2.43. The van der Waals surface area contributed by atoms with Gasteiger partial charge in [-0.3, -0.25) is 14.5 Å². The normalized spacial score (nSPS) is 24.0. The highest BCUT2D eigenvalue weighted by Gasteiger charge is 2.45. The number of nitrogens with one attached hydrogen (secondary N) is 1. The van der Waals surface area contributed by atoms with E-state index >= 15 is 0 Å². The number of hydrogen-bond donors (Lipinski definition) is 4. The van der Waals surface area contributed by atoms with Gasteiger partial charge in [-0.15, -0.1) is 10.2 Å². The molecule has 3 aromatic heterocycles. The lowest BCUT2D eigenvalue weighted by atomic mass is 9.91. The quantitative estimate of drug-likeness (QED) is 0.0758. The molecule has 2 unspecified atom stereocenters. The number of ether oxygens (including phenoxy) is 3. The Morgan fingerprint density at radius 2 is 1.61 bits per heavy atom. The molecular formula is C54H65F3N10O8. The van der Waals surface area contributed by atoms with Crippen LogP contribution in [0.1, 0.15) is 94.6 Å². The zero-order valence-corrected chi connectivity index (χ0v) is 42.3. The lowest BCUT2D eigenvalue weighted by molar-refractivity contribution is -0.141. The van der Waals surface area contributed by atoms with E-state index < -0.39 is 47.7 Å². The first-order chi connectivity index (χ1) is 36.0. The Balaban J connectivity index is 0.642. The minimum Gasteiger partial charge on any atom is -0.507 e. The number of carbonyl (C=O) groups is 2. The molecule has 18 nitrogen and oxygen atoms in total. The Bertz CT molecular complexity index is 2770. The van der Waals surface area contributed by atoms with Gasteiger partial charge in [-0.2, -0.15) is 13.2 Å². The number of aliphatic hydroxyl groups is 1. The van der Waals surface area contributed by atoms with Crippen molar-refractivity contribution in [2.75, 3.05) is 61.4 Å². The molecule has 0 spiro atoms. The second-order valence-corrected chi connectivity index (χ2v) is 21.0. The van der Waals surface area contributed by atoms with Gasteiger partial charge >= 0.3 is 6.18 Å². The summed E-state index contributed by atoms with van der Waals surface area (Å²) in [5.74, 6) is -0.352. The fourth-order valence-corrected chi connectivity index (χ4v) is 11.4. The van der Waals surface area contributed by atoms with E-state index in [0.717, 1.165) is 88.2 Å². The molecule has 5 N–H and O–H groups in total. The average Bonchev–Trinajstić information content (AvgIpc) is 4.09. The molecule has 2 bridgehead atoms. The van der Waals surface area contributed by atoms with E-state index in [9.17, 15) is 33.0 Å². The number of hydrogen-bond acceptors (Lipinski definition) is 16. The number of nitrogen functional groups attached to an aromatic ring is 1. The number of amides is 2. The van der Waals surface area contributed by atoms with Crippen molar-refractivity contribution in [2.24, 2.45) is 5.92 Å². The van der Waals surface area contributed by atoms with Gasteiger partial charge in [0.05, 0.1) is 41.3 Å². The summed E-state index contributed by atoms with van der Waals surface area (Å²) in [6.45, 7) is 9.57. The number of phenols is 1. The molecule has 75 heavy (non-hydrogen) atoms. The van der Waals surface area contributed by atoms with Gasteiger partial charge in [-0.05, 0) is 85.6 Å². The molecule has 400 valence electrons. The van der Waals surface area contributed by atoms with Crippen LogP contribution in [0.4, 0.5) is 30.4 Å². The van der Waals surface area contributed by atoms with Crippen LogP contribution in [0.5, 0.6) is 17.5 Å². The first kappa shape index (κ1) is 51.8. The molecule has 4 saturated heterocycles. The smallest absolute Gasteiger partial charge is 0.416 e. The summed E-state index contributed by atoms with van der Waals surface area (Å²) in [6.07, 6.45) is 2.26. The van der Waals surface area contributed by atoms with E-state index in [2.05, 4.69) is 52.5 Å². The molecule has 1 saturated carbocycles. The minimum absolute atomic E-state index is 0.0128. The SMILES string of the molecule is CC(C)[C@@H](C(=O)N1C[C@H](O)C[C@H]1C(=O)N[C@@H](C)c1ccc(C(F)(F)F)cc1)c1cc(OCCN2CCC(OC3CC(Oc4cc(N5C6CCC5CN(c5cc(-c7ccccc7O)nnc5N)C6)ccn4)C3)CC2)no1. The molecule has 2 amide bonds. The summed E-state index contributed by atoms with van der Waals surface area (Å²) in [6, 6.07) is 18.2. The summed E-state index contributed by atoms with van der Waals surface area (Å²) in [7, 11) is 0. The van der Waals surface area contributed by atoms with Crippen molar-refractivity contribution in [3.8, 4) is 28.8 Å². The van der Waals surface area contributed by atoms with Crippen LogP contribution < -0.4 is 30.3 Å². The number of aromatic hydroxyl groups is 1. The fourth-order valence-electron chi connectivity index (χ4n) is 11.4. The second-order valence-electron chi connectivity index (χ2n) is 21.0. The van der Waals surface area contributed by atoms with Gasteiger partial charge in [0.2, 0.25) is 17.7 Å². The second kappa shape index (κ2) is 21.9. The number of piperidine rings is 1. The third kappa shape index (κ3) is 11.6. The Hall–Kier alpha value is -6.71. The molecule has 5 aromatic rings. The summed E-state index contributed by atoms with van der Waals surface area (Å²) in [4.78, 5) is 40.6. The minimum atomic E-state index is -4.48. The largest absolute Gasteiger partial charge is 0.507 e. The molecule has 5 aliphatic rings. The van der Waals surface area contributed by atoms with Crippen molar-refractivity contribution in [3.05, 3.63) is 95.9 Å². The summed E-state index contributed by atoms with van der Waals surface area (Å²) >= 11 is 0. The van der Waals surface area contributed by atoms with Crippen molar-refractivity contribution in [1.82, 2.24) is 35.5 Å². The van der Waals surface area contributed by atoms with E-state index in [0.29, 0.717) is 41.7 Å². The predicted octanol–water partition coefficient (Wildman–Crippen LogP) is 6.74. The molecule has 21 heteroatoms. The number of nitrogens with zero attached hydrogens (tertiary/aromatic N) is 8. The highest BCUT2D eigenvalue weighted by atomic mass is 19.4. The van der Waals surface area contributed by atoms with Crippen LogP contribution in [-0.4, -0.2) is 141 Å². The van der Waals surface area contributed by atoms with Gasteiger partial charge < -0.3 is 54.7 Å². The van der Waals surface area contributed by atoms with E-state index in [1.807, 2.05) is 38.2 Å². The van der Waals surface area contributed by atoms with Gasteiger partial charge in [0.15, 0.2) is 11.6 Å². The van der Waals surface area contributed by atoms with Crippen LogP contribution >= 0.6 is 0 Å². The number of fused-ring (bicyclic) bond motifs is 2. The number of likely N-dealkylation sites (tertiary alicyclic amines) is 2. The van der Waals surface area contributed by atoms with Crippen LogP contribution in [0.15, 0.2) is 83.5 Å². The predicted molar refractivity (Wildman–Crippen MR) is 271 cm³/mol. The van der Waals surface area contributed by atoms with Crippen LogP contribution in [0.3, 0.4) is 0 Å². The van der Waals surface area contributed by atoms with E-state index in [1.165, 1.54) is 17.0 Å². The molecule has 5 fully saturated rings. The summed E-state index contributed by atoms with van der Waals surface area (Å²) < 4.78 is 63.8. The monoisotopic (exact) mass is 1040 g/mol. The van der Waals surface area contributed by atoms with Gasteiger partial charge in [-0.1, -0.05) is 38.1 Å². The molecule has 6 atom stereocenters. The maximum absolute atomic E-state index is 14.1. The molecule has 0 radical (unpaired) electrons. The van der Waals surface area contributed by atoms with E-state index in [4.69, 9.17) is 24.5 Å². The maximum Gasteiger partial charge on any atom is 0.416 e. The number of piperazine rings is 1. The van der Waals surface area contributed by atoms with E-state index in [-0.39, 0.29) is 66.7 Å². The molecular weight excluding hydrogens is 974 g/mol. The standard InChI is InChI=1S/C54H65F3N10O8/c1-31(2)50(53(71)66-30-38(68)23-45(66)52(70)60-32(3)33-8-10-34(11-9-33)54(55,56)57)47-27-49(63-75-47)72-21-20-64-18-15-39(16-19-64)73-40-24-41(25-40)74-48-22-35(14-17-59-48)67-36-12-13-37(67)29-65(28-36)44-26-43(61-62-51(44)58)42-6-4-5-7-46(42)69/h4-11,14,17,22,26-27,31-32,36-41,45,50,68-69H,12-13,15-16,18-21,23-25,28-30H2,1-3H3,(H2,58,62)(H,60,70)/t32-,36?,37?,38+,40?,41?,45-,50+/m0/s1. The topological polar surface area (TPSA) is 218 Å². The number of benzene rings is 2. The molecule has 1 aliphatic carbocycles. The summed E-state index contributed by atoms with van der Waals surface area (Å²) in [5, 5.41) is 36.5. The molecule has 10 rings (SSSR count). The number of rotatable bonds is 17. The van der Waals surface area contributed by atoms with Crippen molar-refractivity contribution in [2.45, 2.75) is 126 Å². The number of carbonyl (C=O) groups excluding carboxylic acids is 2. The zero-order valence-electron chi connectivity index (χ0n) is 42.3. The van der Waals surface area contributed by atoms with Crippen LogP contribution in [-0.2, 0) is 20.5 Å². The first-order valence-electron chi connectivity index (χ1n) is 26.1. The maximum atomic E-state index is 14.1. The number of aromatic nitrogens is 4. The fraction of sp³-hybridized carbons (Fsp3) is 0.519. The molecule has 4 aliphatic heterocycles. The number of aliphatic hydroxyl groups excluding tert-OH is 1. The Kier molecular flexibility index (Phi) is 15.1. The highest BCUT2D eigenvalue weighted by molar-refractivity contribution is 5.91. The third-order valence-electron chi connectivity index (χ3n) is 15.4. The van der Waals surface area contributed by atoms with Gasteiger partial charge in [-0.25, -0.2) is 4.98 Å². The molecule has 7 heterocycles. The first-order valence-corrected chi connectivity index (χ1v) is 26.1. The number of halogens is 3. The average molecular weight is 1040 g/mol. The molecule has 2 aromatic carbocycles. The number of phenolic OH excluding ortho intramolecular Hbond substituents is 1. The lowest BCUT2D eigenvalue weighted by Crippen LogP contribution is -2.54. The van der Waals surface area contributed by atoms with Gasteiger partial charge in [0.1, 0.15) is 30.4 Å². The third-order valence-corrected chi connectivity index (χ3v) is 15.4. The highest BCUT2D eigenvalue weighted by Crippen LogP contribution is 2.41. The van der Waals surface area contributed by atoms with Crippen LogP contribution in [0.2, 0.25) is 0 Å². The van der Waals surface area contributed by atoms with E-state index in [1.54, 1.807) is 25.1 Å². The number of β-amino-alcohol motifs (C(OH)–C–C–N with tert-alkyl or cyclic N) is 1. The Morgan fingerprint density at radius 3 is 2.32 bits per heavy atom. The number of anilines is 3. The van der Waals surface area contributed by atoms with Crippen molar-refractivity contribution in [1.29, 1.82) is 0 Å².